The predicted molar refractivity (Wildman–Crippen MR) is 106 cm³/mol. The van der Waals surface area contributed by atoms with E-state index in [4.69, 9.17) is 0 Å². The van der Waals surface area contributed by atoms with Crippen molar-refractivity contribution in [1.29, 1.82) is 0 Å². The summed E-state index contributed by atoms with van der Waals surface area (Å²) in [7, 11) is 0. The second-order valence-electron chi connectivity index (χ2n) is 7.16. The van der Waals surface area contributed by atoms with E-state index in [9.17, 15) is 29.3 Å². The zero-order valence-corrected chi connectivity index (χ0v) is 16.1. The molecule has 0 unspecified atom stereocenters. The van der Waals surface area contributed by atoms with Gasteiger partial charge in [-0.2, -0.15) is 0 Å². The maximum Gasteiger partial charge on any atom is 0.333 e. The normalized spacial score (nSPS) is 13.4. The molecule has 1 aliphatic rings. The number of amides is 2. The number of imide groups is 1. The van der Waals surface area contributed by atoms with E-state index < -0.39 is 40.7 Å². The Balaban J connectivity index is 1.94. The van der Waals surface area contributed by atoms with E-state index in [1.165, 1.54) is 24.3 Å². The molecule has 0 saturated heterocycles. The van der Waals surface area contributed by atoms with Crippen molar-refractivity contribution in [3.63, 3.8) is 0 Å². The van der Waals surface area contributed by atoms with E-state index in [1.807, 2.05) is 0 Å². The molecular formula is C20H16N4O6. The quantitative estimate of drug-likeness (QED) is 0.369. The first-order valence-electron chi connectivity index (χ1n) is 9.11. The van der Waals surface area contributed by atoms with Crippen molar-refractivity contribution in [2.24, 2.45) is 0 Å². The average Bonchev–Trinajstić information content (AvgIpc) is 2.95. The van der Waals surface area contributed by atoms with Crippen molar-refractivity contribution in [1.82, 2.24) is 14.0 Å². The van der Waals surface area contributed by atoms with Crippen LogP contribution in [0, 0.1) is 10.1 Å². The molecule has 1 aliphatic heterocycles. The van der Waals surface area contributed by atoms with Crippen LogP contribution in [0.1, 0.15) is 40.6 Å². The zero-order valence-electron chi connectivity index (χ0n) is 16.1. The molecule has 0 atom stereocenters. The summed E-state index contributed by atoms with van der Waals surface area (Å²) < 4.78 is 2.06. The lowest BCUT2D eigenvalue weighted by Gasteiger charge is -2.20. The molecule has 152 valence electrons. The van der Waals surface area contributed by atoms with Gasteiger partial charge in [-0.3, -0.25) is 38.5 Å². The van der Waals surface area contributed by atoms with Gasteiger partial charge in [0.25, 0.3) is 23.1 Å². The number of non-ortho nitro benzene ring substituents is 1. The molecule has 2 heterocycles. The molecule has 2 amide bonds. The number of hydrogen-bond acceptors (Lipinski definition) is 6. The standard InChI is InChI=1S/C20H16N4O6/c1-11(2)23-19(27)15-9-12(24(29)30)7-8-16(15)21(20(23)28)10-22-17(25)13-5-3-4-6-14(13)18(22)26/h3-9,11H,10H2,1-2H3. The predicted octanol–water partition coefficient (Wildman–Crippen LogP) is 1.91. The van der Waals surface area contributed by atoms with E-state index in [0.717, 1.165) is 20.1 Å². The third-order valence-corrected chi connectivity index (χ3v) is 5.05. The first-order chi connectivity index (χ1) is 14.2. The zero-order chi connectivity index (χ0) is 21.7. The Bertz CT molecular complexity index is 1330. The van der Waals surface area contributed by atoms with Crippen LogP contribution < -0.4 is 11.2 Å². The van der Waals surface area contributed by atoms with Crippen molar-refractivity contribution in [3.05, 3.63) is 84.5 Å². The highest BCUT2D eigenvalue weighted by Gasteiger charge is 2.36. The van der Waals surface area contributed by atoms with Gasteiger partial charge in [-0.05, 0) is 32.0 Å². The lowest BCUT2D eigenvalue weighted by molar-refractivity contribution is -0.384. The van der Waals surface area contributed by atoms with E-state index in [-0.39, 0.29) is 27.7 Å². The highest BCUT2D eigenvalue weighted by molar-refractivity contribution is 6.21. The number of carbonyl (C=O) groups is 2. The summed E-state index contributed by atoms with van der Waals surface area (Å²) in [5.41, 5.74) is -1.13. The number of nitrogens with zero attached hydrogens (tertiary/aromatic N) is 4. The van der Waals surface area contributed by atoms with Crippen LogP contribution in [-0.2, 0) is 6.67 Å². The van der Waals surface area contributed by atoms with Crippen molar-refractivity contribution in [2.45, 2.75) is 26.6 Å². The highest BCUT2D eigenvalue weighted by Crippen LogP contribution is 2.24. The molecule has 4 rings (SSSR count). The van der Waals surface area contributed by atoms with Crippen LogP contribution in [0.3, 0.4) is 0 Å². The minimum atomic E-state index is -0.715. The van der Waals surface area contributed by atoms with Gasteiger partial charge in [0.2, 0.25) is 0 Å². The van der Waals surface area contributed by atoms with Crippen LogP contribution in [0.25, 0.3) is 10.9 Å². The maximum absolute atomic E-state index is 13.1. The Hall–Kier alpha value is -4.08. The van der Waals surface area contributed by atoms with Gasteiger partial charge in [-0.1, -0.05) is 12.1 Å². The Morgan fingerprint density at radius 1 is 0.967 bits per heavy atom. The van der Waals surface area contributed by atoms with Crippen LogP contribution in [0.4, 0.5) is 5.69 Å². The first kappa shape index (κ1) is 19.2. The number of rotatable bonds is 4. The van der Waals surface area contributed by atoms with Gasteiger partial charge in [0.05, 0.1) is 27.0 Å². The lowest BCUT2D eigenvalue weighted by Crippen LogP contribution is -2.44. The number of fused-ring (bicyclic) bond motifs is 2. The van der Waals surface area contributed by atoms with E-state index in [0.29, 0.717) is 0 Å². The molecule has 0 N–H and O–H groups in total. The van der Waals surface area contributed by atoms with Crippen molar-refractivity contribution >= 4 is 28.4 Å². The van der Waals surface area contributed by atoms with E-state index in [1.54, 1.807) is 26.0 Å². The number of benzene rings is 2. The monoisotopic (exact) mass is 408 g/mol. The molecule has 1 aromatic heterocycles. The largest absolute Gasteiger partial charge is 0.333 e. The number of nitro benzene ring substituents is 1. The summed E-state index contributed by atoms with van der Waals surface area (Å²) in [5.74, 6) is -1.11. The van der Waals surface area contributed by atoms with E-state index >= 15 is 0 Å². The third-order valence-electron chi connectivity index (χ3n) is 5.05. The minimum absolute atomic E-state index is 0.0471. The first-order valence-corrected chi connectivity index (χ1v) is 9.11. The fourth-order valence-corrected chi connectivity index (χ4v) is 3.60. The number of carbonyl (C=O) groups excluding carboxylic acids is 2. The fraction of sp³-hybridized carbons (Fsp3) is 0.200. The Morgan fingerprint density at radius 3 is 2.10 bits per heavy atom. The Labute approximate surface area is 168 Å². The SMILES string of the molecule is CC(C)n1c(=O)c2cc([N+](=O)[O-])ccc2n(CN2C(=O)c3ccccc3C2=O)c1=O. The second kappa shape index (κ2) is 6.76. The Morgan fingerprint density at radius 2 is 1.57 bits per heavy atom. The van der Waals surface area contributed by atoms with Crippen LogP contribution in [0.2, 0.25) is 0 Å². The van der Waals surface area contributed by atoms with Crippen LogP contribution in [-0.4, -0.2) is 30.8 Å². The lowest BCUT2D eigenvalue weighted by atomic mass is 10.1. The molecule has 3 aromatic rings. The van der Waals surface area contributed by atoms with Gasteiger partial charge >= 0.3 is 5.69 Å². The molecule has 30 heavy (non-hydrogen) atoms. The smallest absolute Gasteiger partial charge is 0.274 e. The van der Waals surface area contributed by atoms with Gasteiger partial charge in [0, 0.05) is 18.2 Å². The molecule has 10 heteroatoms. The van der Waals surface area contributed by atoms with Crippen LogP contribution in [0.5, 0.6) is 0 Å². The number of aromatic nitrogens is 2. The van der Waals surface area contributed by atoms with Gasteiger partial charge in [-0.25, -0.2) is 4.79 Å². The molecule has 0 saturated carbocycles. The summed E-state index contributed by atoms with van der Waals surface area (Å²) in [5, 5.41) is 11.1. The summed E-state index contributed by atoms with van der Waals surface area (Å²) in [6.45, 7) is 2.82. The van der Waals surface area contributed by atoms with Gasteiger partial charge in [0.15, 0.2) is 0 Å². The summed E-state index contributed by atoms with van der Waals surface area (Å²) in [6.07, 6.45) is 0. The molecule has 10 nitrogen and oxygen atoms in total. The minimum Gasteiger partial charge on any atom is -0.274 e. The van der Waals surface area contributed by atoms with Crippen LogP contribution in [0.15, 0.2) is 52.1 Å². The highest BCUT2D eigenvalue weighted by atomic mass is 16.6. The van der Waals surface area contributed by atoms with Crippen molar-refractivity contribution in [2.75, 3.05) is 0 Å². The second-order valence-corrected chi connectivity index (χ2v) is 7.16. The fourth-order valence-electron chi connectivity index (χ4n) is 3.60. The van der Waals surface area contributed by atoms with Gasteiger partial charge in [-0.15, -0.1) is 0 Å². The van der Waals surface area contributed by atoms with E-state index in [2.05, 4.69) is 0 Å². The Kier molecular flexibility index (Phi) is 4.34. The summed E-state index contributed by atoms with van der Waals surface area (Å²) in [6, 6.07) is 9.31. The van der Waals surface area contributed by atoms with Crippen molar-refractivity contribution in [3.8, 4) is 0 Å². The summed E-state index contributed by atoms with van der Waals surface area (Å²) in [4.78, 5) is 62.8. The van der Waals surface area contributed by atoms with Crippen molar-refractivity contribution < 1.29 is 14.5 Å². The molecule has 0 spiro atoms. The summed E-state index contributed by atoms with van der Waals surface area (Å²) >= 11 is 0. The topological polar surface area (TPSA) is 125 Å². The molecular weight excluding hydrogens is 392 g/mol. The third kappa shape index (κ3) is 2.72. The number of hydrogen-bond donors (Lipinski definition) is 0. The number of nitro groups is 1. The molecule has 0 aliphatic carbocycles. The molecule has 0 fully saturated rings. The molecule has 2 aromatic carbocycles. The van der Waals surface area contributed by atoms with Crippen LogP contribution >= 0.6 is 0 Å². The molecule has 0 bridgehead atoms. The maximum atomic E-state index is 13.1. The van der Waals surface area contributed by atoms with Gasteiger partial charge < -0.3 is 0 Å². The van der Waals surface area contributed by atoms with Gasteiger partial charge in [0.1, 0.15) is 6.67 Å². The average molecular weight is 408 g/mol. The molecule has 0 radical (unpaired) electrons.